The SMILES string of the molecule is CCOC(=O)c1c(-c2ccoc2-c2nc3ccccc3n2C)c(C)n2c1-c1cc(OC)c(OC)cc1CC2. The normalized spacial score (nSPS) is 12.3. The number of nitrogens with zero attached hydrogens (tertiary/aromatic N) is 3. The van der Waals surface area contributed by atoms with Gasteiger partial charge in [-0.05, 0) is 56.2 Å². The molecule has 1 aliphatic rings. The number of carbonyl (C=O) groups excluding carboxylic acids is 1. The van der Waals surface area contributed by atoms with E-state index in [4.69, 9.17) is 23.6 Å². The van der Waals surface area contributed by atoms with Gasteiger partial charge in [0.2, 0.25) is 0 Å². The number of fused-ring (bicyclic) bond motifs is 4. The number of hydrogen-bond acceptors (Lipinski definition) is 6. The van der Waals surface area contributed by atoms with Crippen molar-refractivity contribution in [3.63, 3.8) is 0 Å². The van der Waals surface area contributed by atoms with Gasteiger partial charge in [-0.15, -0.1) is 0 Å². The lowest BCUT2D eigenvalue weighted by Gasteiger charge is -2.23. The van der Waals surface area contributed by atoms with Crippen LogP contribution in [0.1, 0.15) is 28.5 Å². The predicted molar refractivity (Wildman–Crippen MR) is 145 cm³/mol. The number of ether oxygens (including phenoxy) is 3. The van der Waals surface area contributed by atoms with Crippen LogP contribution in [0.15, 0.2) is 53.1 Å². The largest absolute Gasteiger partial charge is 0.493 e. The van der Waals surface area contributed by atoms with Crippen molar-refractivity contribution in [3.8, 4) is 45.5 Å². The molecule has 0 saturated heterocycles. The fourth-order valence-corrected chi connectivity index (χ4v) is 5.64. The molecule has 1 aliphatic heterocycles. The van der Waals surface area contributed by atoms with Gasteiger partial charge in [-0.2, -0.15) is 0 Å². The minimum Gasteiger partial charge on any atom is -0.493 e. The van der Waals surface area contributed by atoms with Crippen LogP contribution in [0.5, 0.6) is 11.5 Å². The van der Waals surface area contributed by atoms with Crippen molar-refractivity contribution in [1.29, 1.82) is 0 Å². The smallest absolute Gasteiger partial charge is 0.340 e. The number of esters is 1. The van der Waals surface area contributed by atoms with E-state index >= 15 is 0 Å². The first-order valence-electron chi connectivity index (χ1n) is 12.6. The summed E-state index contributed by atoms with van der Waals surface area (Å²) in [4.78, 5) is 18.5. The zero-order valence-corrected chi connectivity index (χ0v) is 22.1. The first-order chi connectivity index (χ1) is 18.5. The maximum atomic E-state index is 13.6. The third kappa shape index (κ3) is 3.44. The molecule has 4 heterocycles. The summed E-state index contributed by atoms with van der Waals surface area (Å²) in [6, 6.07) is 13.8. The predicted octanol–water partition coefficient (Wildman–Crippen LogP) is 6.03. The monoisotopic (exact) mass is 511 g/mol. The highest BCUT2D eigenvalue weighted by atomic mass is 16.5. The highest BCUT2D eigenvalue weighted by Crippen LogP contribution is 2.47. The molecule has 0 unspecified atom stereocenters. The Kier molecular flexibility index (Phi) is 5.75. The Labute approximate surface area is 220 Å². The number of methoxy groups -OCH3 is 2. The number of imidazole rings is 1. The van der Waals surface area contributed by atoms with Gasteiger partial charge in [-0.1, -0.05) is 12.1 Å². The zero-order chi connectivity index (χ0) is 26.6. The van der Waals surface area contributed by atoms with E-state index in [9.17, 15) is 4.79 Å². The molecule has 0 spiro atoms. The minimum absolute atomic E-state index is 0.268. The van der Waals surface area contributed by atoms with E-state index in [1.165, 1.54) is 0 Å². The van der Waals surface area contributed by atoms with Gasteiger partial charge < -0.3 is 27.8 Å². The molecule has 5 aromatic rings. The second-order valence-corrected chi connectivity index (χ2v) is 9.32. The summed E-state index contributed by atoms with van der Waals surface area (Å²) in [5.41, 5.74) is 7.77. The standard InChI is InChI=1S/C30H29N3O5/c1-6-37-30(34)26-25(19-12-14-38-28(19)29-31-21-9-7-8-10-22(21)32(29)3)17(2)33-13-11-18-15-23(35-4)24(36-5)16-20(18)27(26)33/h7-10,12,14-16H,6,11,13H2,1-5H3. The van der Waals surface area contributed by atoms with Crippen molar-refractivity contribution in [1.82, 2.24) is 14.1 Å². The Morgan fingerprint density at radius 2 is 1.84 bits per heavy atom. The van der Waals surface area contributed by atoms with Gasteiger partial charge in [0.15, 0.2) is 23.1 Å². The number of furan rings is 1. The molecule has 0 fully saturated rings. The Balaban J connectivity index is 1.63. The van der Waals surface area contributed by atoms with Crippen LogP contribution in [-0.4, -0.2) is 40.9 Å². The van der Waals surface area contributed by atoms with Crippen molar-refractivity contribution < 1.29 is 23.4 Å². The second-order valence-electron chi connectivity index (χ2n) is 9.32. The molecule has 0 N–H and O–H groups in total. The van der Waals surface area contributed by atoms with Gasteiger partial charge in [-0.25, -0.2) is 9.78 Å². The van der Waals surface area contributed by atoms with Crippen LogP contribution in [0.3, 0.4) is 0 Å². The highest BCUT2D eigenvalue weighted by molar-refractivity contribution is 6.07. The van der Waals surface area contributed by atoms with Gasteiger partial charge in [0.25, 0.3) is 0 Å². The number of hydrogen-bond donors (Lipinski definition) is 0. The van der Waals surface area contributed by atoms with Gasteiger partial charge in [0.1, 0.15) is 0 Å². The van der Waals surface area contributed by atoms with Crippen molar-refractivity contribution in [3.05, 3.63) is 65.5 Å². The fraction of sp³-hybridized carbons (Fsp3) is 0.267. The molecule has 38 heavy (non-hydrogen) atoms. The number of aryl methyl sites for hydroxylation is 2. The summed E-state index contributed by atoms with van der Waals surface area (Å²) in [5.74, 6) is 2.20. The maximum absolute atomic E-state index is 13.6. The van der Waals surface area contributed by atoms with Crippen molar-refractivity contribution in [2.75, 3.05) is 20.8 Å². The van der Waals surface area contributed by atoms with Gasteiger partial charge in [-0.3, -0.25) is 0 Å². The number of rotatable bonds is 6. The zero-order valence-electron chi connectivity index (χ0n) is 22.1. The number of carbonyl (C=O) groups is 1. The third-order valence-electron chi connectivity index (χ3n) is 7.40. The summed E-state index contributed by atoms with van der Waals surface area (Å²) < 4.78 is 27.0. The molecular formula is C30H29N3O5. The summed E-state index contributed by atoms with van der Waals surface area (Å²) in [5, 5.41) is 0. The molecule has 0 amide bonds. The highest BCUT2D eigenvalue weighted by Gasteiger charge is 2.34. The molecule has 8 nitrogen and oxygen atoms in total. The maximum Gasteiger partial charge on any atom is 0.340 e. The van der Waals surface area contributed by atoms with E-state index in [-0.39, 0.29) is 12.6 Å². The third-order valence-corrected chi connectivity index (χ3v) is 7.40. The average Bonchev–Trinajstić information content (AvgIpc) is 3.62. The van der Waals surface area contributed by atoms with E-state index < -0.39 is 0 Å². The van der Waals surface area contributed by atoms with Crippen LogP contribution in [0.25, 0.3) is 45.0 Å². The van der Waals surface area contributed by atoms with Gasteiger partial charge in [0, 0.05) is 36.0 Å². The lowest BCUT2D eigenvalue weighted by molar-refractivity contribution is 0.0528. The Morgan fingerprint density at radius 1 is 1.08 bits per heavy atom. The molecule has 0 aliphatic carbocycles. The lowest BCUT2D eigenvalue weighted by atomic mass is 9.93. The Bertz CT molecular complexity index is 1700. The molecule has 6 rings (SSSR count). The average molecular weight is 512 g/mol. The van der Waals surface area contributed by atoms with Crippen molar-refractivity contribution in [2.24, 2.45) is 7.05 Å². The molecule has 194 valence electrons. The van der Waals surface area contributed by atoms with Crippen LogP contribution in [0.2, 0.25) is 0 Å². The van der Waals surface area contributed by atoms with E-state index in [1.54, 1.807) is 20.5 Å². The molecular weight excluding hydrogens is 482 g/mol. The van der Waals surface area contributed by atoms with Gasteiger partial charge >= 0.3 is 5.97 Å². The molecule has 0 saturated carbocycles. The second kappa shape index (κ2) is 9.13. The quantitative estimate of drug-likeness (QED) is 0.259. The Morgan fingerprint density at radius 3 is 2.58 bits per heavy atom. The van der Waals surface area contributed by atoms with E-state index in [2.05, 4.69) is 4.57 Å². The van der Waals surface area contributed by atoms with E-state index in [0.717, 1.165) is 57.6 Å². The first kappa shape index (κ1) is 23.9. The summed E-state index contributed by atoms with van der Waals surface area (Å²) in [7, 11) is 5.21. The summed E-state index contributed by atoms with van der Waals surface area (Å²) >= 11 is 0. The molecule has 2 aromatic carbocycles. The number of para-hydroxylation sites is 2. The van der Waals surface area contributed by atoms with E-state index in [1.807, 2.05) is 67.9 Å². The molecule has 0 bridgehead atoms. The van der Waals surface area contributed by atoms with Crippen LogP contribution < -0.4 is 9.47 Å². The summed E-state index contributed by atoms with van der Waals surface area (Å²) in [6.07, 6.45) is 2.44. The van der Waals surface area contributed by atoms with E-state index in [0.29, 0.717) is 28.6 Å². The van der Waals surface area contributed by atoms with Crippen molar-refractivity contribution >= 4 is 17.0 Å². The molecule has 0 atom stereocenters. The first-order valence-corrected chi connectivity index (χ1v) is 12.6. The molecule has 0 radical (unpaired) electrons. The topological polar surface area (TPSA) is 80.7 Å². The van der Waals surface area contributed by atoms with Crippen molar-refractivity contribution in [2.45, 2.75) is 26.8 Å². The fourth-order valence-electron chi connectivity index (χ4n) is 5.64. The Hall–Kier alpha value is -4.46. The number of benzene rings is 2. The lowest BCUT2D eigenvalue weighted by Crippen LogP contribution is -2.15. The molecule has 3 aromatic heterocycles. The number of aromatic nitrogens is 3. The van der Waals surface area contributed by atoms with Crippen LogP contribution >= 0.6 is 0 Å². The van der Waals surface area contributed by atoms with Gasteiger partial charge in [0.05, 0.1) is 49.4 Å². The minimum atomic E-state index is -0.376. The summed E-state index contributed by atoms with van der Waals surface area (Å²) in [6.45, 7) is 4.84. The van der Waals surface area contributed by atoms with Crippen LogP contribution in [0.4, 0.5) is 0 Å². The van der Waals surface area contributed by atoms with Crippen LogP contribution in [0, 0.1) is 6.92 Å². The molecule has 8 heteroatoms. The van der Waals surface area contributed by atoms with Crippen LogP contribution in [-0.2, 0) is 24.8 Å².